The molecule has 2 aromatic heterocycles. The summed E-state index contributed by atoms with van der Waals surface area (Å²) >= 11 is 0. The Morgan fingerprint density at radius 2 is 1.75 bits per heavy atom. The molecule has 10 nitrogen and oxygen atoms in total. The summed E-state index contributed by atoms with van der Waals surface area (Å²) in [7, 11) is 4.87. The zero-order valence-electron chi connectivity index (χ0n) is 26.2. The molecule has 0 fully saturated rings. The number of hydrogen-bond donors (Lipinski definition) is 1. The molecule has 3 aromatic carbocycles. The number of pyridine rings is 1. The van der Waals surface area contributed by atoms with Crippen LogP contribution >= 0.6 is 0 Å². The number of ether oxygens (including phenoxy) is 3. The van der Waals surface area contributed by atoms with E-state index in [1.54, 1.807) is 21.3 Å². The molecule has 1 N–H and O–H groups in total. The van der Waals surface area contributed by atoms with Crippen molar-refractivity contribution >= 4 is 10.9 Å². The van der Waals surface area contributed by atoms with E-state index in [1.807, 2.05) is 65.3 Å². The zero-order valence-corrected chi connectivity index (χ0v) is 26.2. The van der Waals surface area contributed by atoms with Crippen LogP contribution in [-0.4, -0.2) is 58.0 Å². The fourth-order valence-corrected chi connectivity index (χ4v) is 5.49. The van der Waals surface area contributed by atoms with Gasteiger partial charge in [-0.05, 0) is 72.3 Å². The van der Waals surface area contributed by atoms with Crippen LogP contribution in [0.1, 0.15) is 55.7 Å². The van der Waals surface area contributed by atoms with Gasteiger partial charge in [0.15, 0.2) is 17.3 Å². The van der Waals surface area contributed by atoms with E-state index in [0.717, 1.165) is 23.8 Å². The third-order valence-electron chi connectivity index (χ3n) is 8.31. The van der Waals surface area contributed by atoms with Crippen LogP contribution in [0.25, 0.3) is 10.9 Å². The fourth-order valence-electron chi connectivity index (χ4n) is 5.49. The number of para-hydroxylation sites is 1. The minimum absolute atomic E-state index is 0.220. The van der Waals surface area contributed by atoms with E-state index in [-0.39, 0.29) is 5.56 Å². The van der Waals surface area contributed by atoms with E-state index in [4.69, 9.17) is 14.2 Å². The van der Waals surface area contributed by atoms with Crippen LogP contribution in [0.4, 0.5) is 0 Å². The Kier molecular flexibility index (Phi) is 9.29. The highest BCUT2D eigenvalue weighted by Gasteiger charge is 2.35. The molecule has 0 saturated heterocycles. The van der Waals surface area contributed by atoms with E-state index in [1.165, 1.54) is 5.56 Å². The van der Waals surface area contributed by atoms with Gasteiger partial charge in [-0.15, -0.1) is 5.10 Å². The summed E-state index contributed by atoms with van der Waals surface area (Å²) in [6, 6.07) is 23.2. The van der Waals surface area contributed by atoms with E-state index in [9.17, 15) is 4.79 Å². The van der Waals surface area contributed by atoms with Crippen molar-refractivity contribution in [3.8, 4) is 17.2 Å². The molecule has 0 radical (unpaired) electrons. The largest absolute Gasteiger partial charge is 0.497 e. The van der Waals surface area contributed by atoms with Gasteiger partial charge in [-0.2, -0.15) is 0 Å². The first kappa shape index (κ1) is 30.7. The fraction of sp³-hybridized carbons (Fsp3) is 0.353. The molecule has 0 amide bonds. The van der Waals surface area contributed by atoms with E-state index in [0.29, 0.717) is 47.2 Å². The number of nitrogens with zero attached hydrogens (tertiary/aromatic N) is 5. The third kappa shape index (κ3) is 6.30. The van der Waals surface area contributed by atoms with Gasteiger partial charge < -0.3 is 19.2 Å². The number of fused-ring (bicyclic) bond motifs is 1. The third-order valence-corrected chi connectivity index (χ3v) is 8.31. The molecule has 5 aromatic rings. The van der Waals surface area contributed by atoms with Crippen molar-refractivity contribution in [2.75, 3.05) is 27.9 Å². The van der Waals surface area contributed by atoms with E-state index in [2.05, 4.69) is 58.3 Å². The lowest BCUT2D eigenvalue weighted by atomic mass is 9.98. The van der Waals surface area contributed by atoms with Crippen molar-refractivity contribution in [3.05, 3.63) is 106 Å². The SMILES string of the molecule is CCC(C)(C)n1nnnc1[C@@H](c1cc2ccc(OC)cc2[nH]c1=O)N(CCc1ccccc1)Cc1cccc(OC)c1OC. The van der Waals surface area contributed by atoms with Crippen LogP contribution in [0.3, 0.4) is 0 Å². The average molecular weight is 597 g/mol. The van der Waals surface area contributed by atoms with Gasteiger partial charge >= 0.3 is 0 Å². The van der Waals surface area contributed by atoms with Crippen molar-refractivity contribution in [2.45, 2.75) is 51.7 Å². The molecule has 0 aliphatic heterocycles. The lowest BCUT2D eigenvalue weighted by molar-refractivity contribution is 0.187. The zero-order chi connectivity index (χ0) is 31.3. The van der Waals surface area contributed by atoms with Gasteiger partial charge in [0.2, 0.25) is 0 Å². The second-order valence-electron chi connectivity index (χ2n) is 11.4. The molecule has 230 valence electrons. The molecule has 44 heavy (non-hydrogen) atoms. The first-order valence-corrected chi connectivity index (χ1v) is 14.8. The highest BCUT2D eigenvalue weighted by Crippen LogP contribution is 2.36. The van der Waals surface area contributed by atoms with Gasteiger partial charge in [0.1, 0.15) is 11.8 Å². The molecule has 0 aliphatic rings. The molecular weight excluding hydrogens is 556 g/mol. The number of aromatic nitrogens is 5. The van der Waals surface area contributed by atoms with Crippen molar-refractivity contribution in [2.24, 2.45) is 0 Å². The summed E-state index contributed by atoms with van der Waals surface area (Å²) < 4.78 is 18.7. The summed E-state index contributed by atoms with van der Waals surface area (Å²) in [6.45, 7) is 7.34. The summed E-state index contributed by atoms with van der Waals surface area (Å²) in [5, 5.41) is 14.0. The van der Waals surface area contributed by atoms with Crippen molar-refractivity contribution in [3.63, 3.8) is 0 Å². The van der Waals surface area contributed by atoms with Crippen LogP contribution < -0.4 is 19.8 Å². The summed E-state index contributed by atoms with van der Waals surface area (Å²) in [6.07, 6.45) is 1.53. The number of rotatable bonds is 13. The minimum Gasteiger partial charge on any atom is -0.497 e. The van der Waals surface area contributed by atoms with Crippen LogP contribution in [0.5, 0.6) is 17.2 Å². The average Bonchev–Trinajstić information content (AvgIpc) is 3.54. The van der Waals surface area contributed by atoms with Crippen molar-refractivity contribution in [1.29, 1.82) is 0 Å². The molecule has 0 saturated carbocycles. The molecular formula is C34H40N6O4. The number of H-pyrrole nitrogens is 1. The summed E-state index contributed by atoms with van der Waals surface area (Å²) in [4.78, 5) is 19.4. The van der Waals surface area contributed by atoms with Crippen LogP contribution in [0, 0.1) is 0 Å². The monoisotopic (exact) mass is 596 g/mol. The van der Waals surface area contributed by atoms with E-state index >= 15 is 0 Å². The number of methoxy groups -OCH3 is 3. The highest BCUT2D eigenvalue weighted by molar-refractivity contribution is 5.80. The second kappa shape index (κ2) is 13.3. The first-order valence-electron chi connectivity index (χ1n) is 14.8. The van der Waals surface area contributed by atoms with Crippen LogP contribution in [0.15, 0.2) is 77.6 Å². The highest BCUT2D eigenvalue weighted by atomic mass is 16.5. The Labute approximate surface area is 257 Å². The van der Waals surface area contributed by atoms with Gasteiger partial charge in [0, 0.05) is 30.3 Å². The molecule has 10 heteroatoms. The van der Waals surface area contributed by atoms with E-state index < -0.39 is 11.6 Å². The Hall–Kier alpha value is -4.70. The molecule has 0 aliphatic carbocycles. The number of hydrogen-bond acceptors (Lipinski definition) is 8. The quantitative estimate of drug-likeness (QED) is 0.189. The van der Waals surface area contributed by atoms with Gasteiger partial charge in [0.05, 0.1) is 32.4 Å². The molecule has 1 atom stereocenters. The number of tetrazole rings is 1. The normalized spacial score (nSPS) is 12.4. The maximum Gasteiger partial charge on any atom is 0.253 e. The summed E-state index contributed by atoms with van der Waals surface area (Å²) in [5.74, 6) is 2.54. The second-order valence-corrected chi connectivity index (χ2v) is 11.4. The lowest BCUT2D eigenvalue weighted by Gasteiger charge is -2.34. The summed E-state index contributed by atoms with van der Waals surface area (Å²) in [5.41, 5.74) is 2.72. The topological polar surface area (TPSA) is 107 Å². The Morgan fingerprint density at radius 3 is 2.45 bits per heavy atom. The smallest absolute Gasteiger partial charge is 0.253 e. The Balaban J connectivity index is 1.72. The molecule has 0 bridgehead atoms. The Morgan fingerprint density at radius 1 is 0.955 bits per heavy atom. The van der Waals surface area contributed by atoms with Crippen molar-refractivity contribution < 1.29 is 14.2 Å². The van der Waals surface area contributed by atoms with Gasteiger partial charge in [-0.3, -0.25) is 9.69 Å². The molecule has 5 rings (SSSR count). The predicted molar refractivity (Wildman–Crippen MR) is 170 cm³/mol. The number of benzene rings is 3. The van der Waals surface area contributed by atoms with Gasteiger partial charge in [-0.1, -0.05) is 49.4 Å². The van der Waals surface area contributed by atoms with Crippen LogP contribution in [-0.2, 0) is 18.5 Å². The molecule has 2 heterocycles. The maximum absolute atomic E-state index is 14.0. The van der Waals surface area contributed by atoms with Gasteiger partial charge in [-0.25, -0.2) is 4.68 Å². The van der Waals surface area contributed by atoms with Crippen LogP contribution in [0.2, 0.25) is 0 Å². The standard InChI is InChI=1S/C34H40N6O4/c1-7-34(2,3)40-32(36-37-38-40)30(27-20-24-16-17-26(42-4)21-28(24)35-33(27)41)39(19-18-23-12-9-8-10-13-23)22-25-14-11-15-29(43-5)31(25)44-6/h8-17,20-21,30H,7,18-19,22H2,1-6H3,(H,35,41)/t30-/m1/s1. The number of aromatic amines is 1. The minimum atomic E-state index is -0.592. The Bertz CT molecular complexity index is 1770. The predicted octanol–water partition coefficient (Wildman–Crippen LogP) is 5.52. The molecule has 0 spiro atoms. The lowest BCUT2D eigenvalue weighted by Crippen LogP contribution is -2.39. The van der Waals surface area contributed by atoms with Crippen molar-refractivity contribution in [1.82, 2.24) is 30.1 Å². The van der Waals surface area contributed by atoms with Gasteiger partial charge in [0.25, 0.3) is 5.56 Å². The maximum atomic E-state index is 14.0. The molecule has 0 unspecified atom stereocenters. The first-order chi connectivity index (χ1) is 21.3. The number of nitrogens with one attached hydrogen (secondary N) is 1.